The number of esters is 3. The highest BCUT2D eigenvalue weighted by molar-refractivity contribution is 5.91. The fourth-order valence-corrected chi connectivity index (χ4v) is 3.88. The summed E-state index contributed by atoms with van der Waals surface area (Å²) in [6.45, 7) is 6.09. The molecule has 0 aliphatic carbocycles. The third-order valence-electron chi connectivity index (χ3n) is 6.26. The summed E-state index contributed by atoms with van der Waals surface area (Å²) in [4.78, 5) is 35.4. The van der Waals surface area contributed by atoms with E-state index in [1.807, 2.05) is 48.5 Å². The van der Waals surface area contributed by atoms with Crippen LogP contribution in [0, 0.1) is 0 Å². The molecular formula is C35H29FO8. The quantitative estimate of drug-likeness (QED) is 0.0808. The van der Waals surface area contributed by atoms with Crippen molar-refractivity contribution in [3.05, 3.63) is 127 Å². The highest BCUT2D eigenvalue weighted by Crippen LogP contribution is 2.28. The van der Waals surface area contributed by atoms with Gasteiger partial charge in [0.25, 0.3) is 0 Å². The Bertz CT molecular complexity index is 1620. The van der Waals surface area contributed by atoms with Crippen LogP contribution in [0.5, 0.6) is 17.2 Å². The molecule has 44 heavy (non-hydrogen) atoms. The molecule has 0 saturated carbocycles. The lowest BCUT2D eigenvalue weighted by atomic mass is 10.0. The molecule has 0 aromatic heterocycles. The van der Waals surface area contributed by atoms with Crippen molar-refractivity contribution in [2.24, 2.45) is 0 Å². The highest BCUT2D eigenvalue weighted by atomic mass is 19.1. The normalized spacial score (nSPS) is 10.4. The number of rotatable bonds is 13. The summed E-state index contributed by atoms with van der Waals surface area (Å²) in [7, 11) is 0. The number of halogens is 1. The fourth-order valence-electron chi connectivity index (χ4n) is 3.88. The minimum absolute atomic E-state index is 0.00301. The molecule has 224 valence electrons. The van der Waals surface area contributed by atoms with E-state index in [1.165, 1.54) is 0 Å². The van der Waals surface area contributed by atoms with E-state index in [-0.39, 0.29) is 18.8 Å². The second kappa shape index (κ2) is 15.1. The Morgan fingerprint density at radius 3 is 1.55 bits per heavy atom. The molecule has 0 atom stereocenters. The smallest absolute Gasteiger partial charge is 0.366 e. The van der Waals surface area contributed by atoms with Gasteiger partial charge >= 0.3 is 17.9 Å². The average Bonchev–Trinajstić information content (AvgIpc) is 3.05. The molecule has 4 rings (SSSR count). The SMILES string of the molecule is C=C(F)C(=O)OCCCOc1ccc(C(=O)Oc2ccc(-c3ccc(-c4ccc(OC(=O)C(=C)CO)cc4)cc3)cc2)cc1. The maximum absolute atomic E-state index is 12.6. The van der Waals surface area contributed by atoms with Gasteiger partial charge in [-0.2, -0.15) is 4.39 Å². The van der Waals surface area contributed by atoms with Gasteiger partial charge in [-0.25, -0.2) is 14.4 Å². The molecule has 4 aromatic carbocycles. The summed E-state index contributed by atoms with van der Waals surface area (Å²) in [6, 6.07) is 28.5. The lowest BCUT2D eigenvalue weighted by Gasteiger charge is -2.09. The molecule has 0 saturated heterocycles. The zero-order valence-corrected chi connectivity index (χ0v) is 23.7. The minimum Gasteiger partial charge on any atom is -0.493 e. The summed E-state index contributed by atoms with van der Waals surface area (Å²) < 4.78 is 33.4. The summed E-state index contributed by atoms with van der Waals surface area (Å²) in [5.74, 6) is -2.17. The van der Waals surface area contributed by atoms with Crippen LogP contribution in [0.4, 0.5) is 4.39 Å². The average molecular weight is 597 g/mol. The predicted molar refractivity (Wildman–Crippen MR) is 162 cm³/mol. The van der Waals surface area contributed by atoms with Gasteiger partial charge in [0.05, 0.1) is 31.0 Å². The van der Waals surface area contributed by atoms with Gasteiger partial charge in [0.15, 0.2) is 0 Å². The van der Waals surface area contributed by atoms with Crippen LogP contribution >= 0.6 is 0 Å². The van der Waals surface area contributed by atoms with E-state index in [0.717, 1.165) is 22.3 Å². The molecular weight excluding hydrogens is 567 g/mol. The summed E-state index contributed by atoms with van der Waals surface area (Å²) in [5.41, 5.74) is 4.14. The summed E-state index contributed by atoms with van der Waals surface area (Å²) >= 11 is 0. The Morgan fingerprint density at radius 2 is 1.07 bits per heavy atom. The first-order chi connectivity index (χ1) is 21.2. The van der Waals surface area contributed by atoms with E-state index < -0.39 is 30.3 Å². The van der Waals surface area contributed by atoms with Gasteiger partial charge in [-0.1, -0.05) is 61.7 Å². The Hall–Kier alpha value is -5.54. The van der Waals surface area contributed by atoms with Crippen molar-refractivity contribution < 1.29 is 42.8 Å². The van der Waals surface area contributed by atoms with Crippen molar-refractivity contribution >= 4 is 17.9 Å². The number of aliphatic hydroxyl groups excluding tert-OH is 1. The number of ether oxygens (including phenoxy) is 4. The van der Waals surface area contributed by atoms with Gasteiger partial charge < -0.3 is 24.1 Å². The van der Waals surface area contributed by atoms with Crippen LogP contribution in [0.2, 0.25) is 0 Å². The number of hydrogen-bond donors (Lipinski definition) is 1. The molecule has 0 amide bonds. The zero-order valence-electron chi connectivity index (χ0n) is 23.7. The van der Waals surface area contributed by atoms with Crippen LogP contribution in [-0.2, 0) is 14.3 Å². The molecule has 0 aliphatic heterocycles. The molecule has 0 bridgehead atoms. The topological polar surface area (TPSA) is 108 Å². The van der Waals surface area contributed by atoms with Gasteiger partial charge in [0.1, 0.15) is 17.2 Å². The van der Waals surface area contributed by atoms with E-state index in [0.29, 0.717) is 29.2 Å². The maximum Gasteiger partial charge on any atom is 0.366 e. The minimum atomic E-state index is -1.15. The van der Waals surface area contributed by atoms with E-state index in [4.69, 9.17) is 19.3 Å². The Labute approximate surface area is 253 Å². The van der Waals surface area contributed by atoms with Gasteiger partial charge in [-0.15, -0.1) is 0 Å². The largest absolute Gasteiger partial charge is 0.493 e. The summed E-state index contributed by atoms with van der Waals surface area (Å²) in [5, 5.41) is 8.99. The van der Waals surface area contributed by atoms with Crippen LogP contribution in [0.15, 0.2) is 122 Å². The first kappa shape index (κ1) is 31.4. The van der Waals surface area contributed by atoms with E-state index in [1.54, 1.807) is 48.5 Å². The molecule has 0 fully saturated rings. The third-order valence-corrected chi connectivity index (χ3v) is 6.26. The first-order valence-corrected chi connectivity index (χ1v) is 13.5. The van der Waals surface area contributed by atoms with Gasteiger partial charge in [-0.3, -0.25) is 0 Å². The Morgan fingerprint density at radius 1 is 0.614 bits per heavy atom. The van der Waals surface area contributed by atoms with Crippen LogP contribution in [0.1, 0.15) is 16.8 Å². The standard InChI is InChI=1S/C35H29FO8/c1-23(22-37)33(38)43-31-16-8-27(9-17-31)25-4-6-26(7-5-25)28-10-18-32(19-11-28)44-35(40)29-12-14-30(15-13-29)41-20-3-21-42-34(39)24(2)36/h4-19,37H,1-3,20-22H2. The van der Waals surface area contributed by atoms with Crippen LogP contribution < -0.4 is 14.2 Å². The molecule has 0 unspecified atom stereocenters. The summed E-state index contributed by atoms with van der Waals surface area (Å²) in [6.07, 6.45) is 0.362. The van der Waals surface area contributed by atoms with Gasteiger partial charge in [0, 0.05) is 6.42 Å². The lowest BCUT2D eigenvalue weighted by Crippen LogP contribution is -2.12. The molecule has 4 aromatic rings. The van der Waals surface area contributed by atoms with E-state index in [2.05, 4.69) is 17.9 Å². The van der Waals surface area contributed by atoms with Crippen molar-refractivity contribution in [1.29, 1.82) is 0 Å². The molecule has 1 N–H and O–H groups in total. The second-order valence-corrected chi connectivity index (χ2v) is 9.43. The molecule has 0 aliphatic rings. The first-order valence-electron chi connectivity index (χ1n) is 13.5. The van der Waals surface area contributed by atoms with Crippen LogP contribution in [-0.4, -0.2) is 42.8 Å². The molecule has 0 radical (unpaired) electrons. The lowest BCUT2D eigenvalue weighted by molar-refractivity contribution is -0.141. The van der Waals surface area contributed by atoms with Crippen molar-refractivity contribution in [1.82, 2.24) is 0 Å². The predicted octanol–water partition coefficient (Wildman–Crippen LogP) is 6.49. The van der Waals surface area contributed by atoms with Crippen molar-refractivity contribution in [3.8, 4) is 39.5 Å². The van der Waals surface area contributed by atoms with E-state index >= 15 is 0 Å². The monoisotopic (exact) mass is 596 g/mol. The third kappa shape index (κ3) is 8.73. The van der Waals surface area contributed by atoms with Crippen molar-refractivity contribution in [3.63, 3.8) is 0 Å². The maximum atomic E-state index is 12.6. The van der Waals surface area contributed by atoms with Crippen LogP contribution in [0.3, 0.4) is 0 Å². The molecule has 0 spiro atoms. The zero-order chi connectivity index (χ0) is 31.5. The molecule has 8 nitrogen and oxygen atoms in total. The van der Waals surface area contributed by atoms with Crippen molar-refractivity contribution in [2.75, 3.05) is 19.8 Å². The molecule has 9 heteroatoms. The van der Waals surface area contributed by atoms with Gasteiger partial charge in [0.2, 0.25) is 5.83 Å². The highest BCUT2D eigenvalue weighted by Gasteiger charge is 2.11. The van der Waals surface area contributed by atoms with Gasteiger partial charge in [-0.05, 0) is 70.8 Å². The van der Waals surface area contributed by atoms with Crippen LogP contribution in [0.25, 0.3) is 22.3 Å². The Kier molecular flexibility index (Phi) is 10.8. The second-order valence-electron chi connectivity index (χ2n) is 9.43. The van der Waals surface area contributed by atoms with Crippen molar-refractivity contribution in [2.45, 2.75) is 6.42 Å². The number of benzene rings is 4. The number of aliphatic hydroxyl groups is 1. The number of hydrogen-bond acceptors (Lipinski definition) is 8. The number of carbonyl (C=O) groups excluding carboxylic acids is 3. The van der Waals surface area contributed by atoms with E-state index in [9.17, 15) is 18.8 Å². The number of carbonyl (C=O) groups is 3. The molecule has 0 heterocycles. The Balaban J connectivity index is 1.27. The fraction of sp³-hybridized carbons (Fsp3) is 0.114.